The van der Waals surface area contributed by atoms with Gasteiger partial charge in [-0.15, -0.1) is 0 Å². The fourth-order valence-corrected chi connectivity index (χ4v) is 1.97. The van der Waals surface area contributed by atoms with Crippen molar-refractivity contribution < 1.29 is 15.4 Å². The third-order valence-corrected chi connectivity index (χ3v) is 3.11. The Labute approximate surface area is 134 Å². The van der Waals surface area contributed by atoms with Crippen molar-refractivity contribution in [2.75, 3.05) is 0 Å². The molecule has 0 radical (unpaired) electrons. The summed E-state index contributed by atoms with van der Waals surface area (Å²) in [5.41, 5.74) is -0.190. The molecule has 3 rings (SSSR count). The molecule has 0 saturated heterocycles. The average Bonchev–Trinajstić information content (AvgIpc) is 2.80. The highest BCUT2D eigenvalue weighted by molar-refractivity contribution is 5.96. The molecule has 0 spiro atoms. The zero-order valence-electron chi connectivity index (χ0n) is 12.3. The Hall–Kier alpha value is -3.36. The second-order valence-corrected chi connectivity index (χ2v) is 4.52. The van der Waals surface area contributed by atoms with Gasteiger partial charge >= 0.3 is 0 Å². The molecule has 0 atom stereocenters. The van der Waals surface area contributed by atoms with Crippen LogP contribution in [-0.4, -0.2) is 16.5 Å². The van der Waals surface area contributed by atoms with Crippen molar-refractivity contribution in [2.24, 2.45) is 5.84 Å². The van der Waals surface area contributed by atoms with Gasteiger partial charge in [0.2, 0.25) is 10.9 Å². The standard InChI is InChI=1S/C9H4O3.C7H8N2O2.H2O/c10-7-5-3-1-2-4-6(5)8(11)9(7)12;8-9-7(11)5-3-1-2-4-6(5)10;/h1-4H;1-4,10H,8H2,(H,9,11);1H2. The van der Waals surface area contributed by atoms with Crippen LogP contribution in [0, 0.1) is 0 Å². The molecule has 6 N–H and O–H groups in total. The molecule has 8 nitrogen and oxygen atoms in total. The second-order valence-electron chi connectivity index (χ2n) is 4.52. The van der Waals surface area contributed by atoms with Gasteiger partial charge in [0.1, 0.15) is 5.75 Å². The number of rotatable bonds is 1. The van der Waals surface area contributed by atoms with Crippen molar-refractivity contribution in [3.05, 3.63) is 84.8 Å². The first-order valence-electron chi connectivity index (χ1n) is 6.48. The molecular formula is C16H14N2O6. The third kappa shape index (κ3) is 3.51. The fraction of sp³-hybridized carbons (Fsp3) is 0. The molecule has 3 aromatic carbocycles. The number of nitrogen functional groups attached to an aromatic ring is 1. The number of fused-ring (bicyclic) bond motifs is 1. The Kier molecular flexibility index (Phi) is 6.05. The minimum absolute atomic E-state index is 0. The number of hydrazine groups is 1. The van der Waals surface area contributed by atoms with E-state index < -0.39 is 22.2 Å². The summed E-state index contributed by atoms with van der Waals surface area (Å²) in [4.78, 5) is 43.8. The van der Waals surface area contributed by atoms with Gasteiger partial charge in [-0.25, -0.2) is 5.84 Å². The molecule has 0 fully saturated rings. The molecule has 0 bridgehead atoms. The SMILES string of the molecule is NNC(=O)c1ccccc1O.O.O=c1c(=O)c2ccccc2c1=O. The minimum Gasteiger partial charge on any atom is -0.507 e. The maximum Gasteiger partial charge on any atom is 0.273 e. The van der Waals surface area contributed by atoms with Crippen molar-refractivity contribution in [3.8, 4) is 5.75 Å². The Morgan fingerprint density at radius 1 is 0.833 bits per heavy atom. The number of nitrogens with two attached hydrogens (primary N) is 1. The lowest BCUT2D eigenvalue weighted by molar-refractivity contribution is 0.0951. The van der Waals surface area contributed by atoms with Crippen molar-refractivity contribution in [1.29, 1.82) is 0 Å². The molecule has 0 aliphatic heterocycles. The third-order valence-electron chi connectivity index (χ3n) is 3.11. The number of nitrogens with one attached hydrogen (secondary N) is 1. The zero-order valence-corrected chi connectivity index (χ0v) is 12.3. The number of hydrogen-bond donors (Lipinski definition) is 3. The van der Waals surface area contributed by atoms with Gasteiger partial charge in [-0.2, -0.15) is 0 Å². The van der Waals surface area contributed by atoms with Gasteiger partial charge in [-0.1, -0.05) is 36.4 Å². The molecule has 0 unspecified atom stereocenters. The van der Waals surface area contributed by atoms with Crippen LogP contribution in [0.5, 0.6) is 5.75 Å². The van der Waals surface area contributed by atoms with Crippen LogP contribution < -0.4 is 27.6 Å². The largest absolute Gasteiger partial charge is 0.507 e. The van der Waals surface area contributed by atoms with E-state index in [1.165, 1.54) is 24.3 Å². The van der Waals surface area contributed by atoms with Crippen LogP contribution in [0.1, 0.15) is 10.4 Å². The van der Waals surface area contributed by atoms with Crippen molar-refractivity contribution in [3.63, 3.8) is 0 Å². The van der Waals surface area contributed by atoms with Crippen LogP contribution in [0.15, 0.2) is 62.9 Å². The summed E-state index contributed by atoms with van der Waals surface area (Å²) < 4.78 is 0. The molecule has 0 aromatic heterocycles. The van der Waals surface area contributed by atoms with E-state index in [2.05, 4.69) is 0 Å². The molecule has 8 heteroatoms. The predicted octanol–water partition coefficient (Wildman–Crippen LogP) is -1.03. The van der Waals surface area contributed by atoms with Crippen LogP contribution in [0.2, 0.25) is 0 Å². The molecule has 124 valence electrons. The van der Waals surface area contributed by atoms with E-state index in [0.29, 0.717) is 0 Å². The normalized spacial score (nSPS) is 9.54. The van der Waals surface area contributed by atoms with E-state index >= 15 is 0 Å². The van der Waals surface area contributed by atoms with E-state index in [9.17, 15) is 19.2 Å². The summed E-state index contributed by atoms with van der Waals surface area (Å²) in [6, 6.07) is 12.4. The van der Waals surface area contributed by atoms with Gasteiger partial charge in [0.05, 0.1) is 5.56 Å². The first-order chi connectivity index (χ1) is 11.0. The molecule has 0 saturated carbocycles. The number of aromatic hydroxyl groups is 1. The van der Waals surface area contributed by atoms with Crippen LogP contribution in [0.25, 0.3) is 10.8 Å². The summed E-state index contributed by atoms with van der Waals surface area (Å²) in [7, 11) is 0. The number of para-hydroxylation sites is 1. The molecule has 1 amide bonds. The molecule has 24 heavy (non-hydrogen) atoms. The molecule has 0 aliphatic rings. The minimum atomic E-state index is -0.920. The van der Waals surface area contributed by atoms with Crippen molar-refractivity contribution >= 4 is 16.7 Å². The monoisotopic (exact) mass is 330 g/mol. The number of phenolic OH excluding ortho intramolecular Hbond substituents is 1. The van der Waals surface area contributed by atoms with Crippen molar-refractivity contribution in [2.45, 2.75) is 0 Å². The van der Waals surface area contributed by atoms with Crippen LogP contribution in [0.4, 0.5) is 0 Å². The number of hydrogen-bond acceptors (Lipinski definition) is 6. The molecular weight excluding hydrogens is 316 g/mol. The highest BCUT2D eigenvalue weighted by Gasteiger charge is 2.10. The van der Waals surface area contributed by atoms with Crippen LogP contribution in [0.3, 0.4) is 0 Å². The van der Waals surface area contributed by atoms with Gasteiger partial charge in [0.25, 0.3) is 11.3 Å². The number of benzene rings is 2. The van der Waals surface area contributed by atoms with E-state index in [1.54, 1.807) is 24.3 Å². The van der Waals surface area contributed by atoms with Crippen LogP contribution in [-0.2, 0) is 0 Å². The van der Waals surface area contributed by atoms with Gasteiger partial charge in [0, 0.05) is 10.8 Å². The Bertz CT molecular complexity index is 955. The van der Waals surface area contributed by atoms with E-state index in [0.717, 1.165) is 0 Å². The lowest BCUT2D eigenvalue weighted by Gasteiger charge is -2.00. The highest BCUT2D eigenvalue weighted by atomic mass is 16.3. The van der Waals surface area contributed by atoms with E-state index in [-0.39, 0.29) is 27.6 Å². The van der Waals surface area contributed by atoms with Gasteiger partial charge in [0.15, 0.2) is 0 Å². The fourth-order valence-electron chi connectivity index (χ4n) is 1.97. The lowest BCUT2D eigenvalue weighted by atomic mass is 10.2. The molecule has 3 aromatic rings. The highest BCUT2D eigenvalue weighted by Crippen LogP contribution is 2.14. The van der Waals surface area contributed by atoms with Gasteiger partial charge in [-0.3, -0.25) is 24.6 Å². The Balaban J connectivity index is 0.000000232. The zero-order chi connectivity index (χ0) is 17.0. The second kappa shape index (κ2) is 7.77. The first kappa shape index (κ1) is 18.7. The summed E-state index contributed by atoms with van der Waals surface area (Å²) in [5.74, 6) is 4.29. The quantitative estimate of drug-likeness (QED) is 0.224. The summed E-state index contributed by atoms with van der Waals surface area (Å²) in [6.07, 6.45) is 0. The number of carbonyl (C=O) groups is 1. The smallest absolute Gasteiger partial charge is 0.273 e. The van der Waals surface area contributed by atoms with Crippen molar-refractivity contribution in [1.82, 2.24) is 5.43 Å². The maximum atomic E-state index is 11.0. The van der Waals surface area contributed by atoms with E-state index in [4.69, 9.17) is 10.9 Å². The molecule has 0 heterocycles. The lowest BCUT2D eigenvalue weighted by Crippen LogP contribution is -2.29. The Morgan fingerprint density at radius 3 is 1.75 bits per heavy atom. The Morgan fingerprint density at radius 2 is 1.29 bits per heavy atom. The predicted molar refractivity (Wildman–Crippen MR) is 88.5 cm³/mol. The number of carbonyl (C=O) groups excluding carboxylic acids is 1. The first-order valence-corrected chi connectivity index (χ1v) is 6.48. The molecule has 0 aliphatic carbocycles. The van der Waals surface area contributed by atoms with Crippen LogP contribution >= 0.6 is 0 Å². The van der Waals surface area contributed by atoms with E-state index in [1.807, 2.05) is 5.43 Å². The number of phenols is 1. The average molecular weight is 330 g/mol. The summed E-state index contributed by atoms with van der Waals surface area (Å²) >= 11 is 0. The van der Waals surface area contributed by atoms with Gasteiger partial charge < -0.3 is 10.6 Å². The maximum absolute atomic E-state index is 11.0. The summed E-state index contributed by atoms with van der Waals surface area (Å²) in [6.45, 7) is 0. The summed E-state index contributed by atoms with van der Waals surface area (Å²) in [5, 5.41) is 9.55. The number of amides is 1. The topological polar surface area (TPSA) is 158 Å². The van der Waals surface area contributed by atoms with Gasteiger partial charge in [-0.05, 0) is 12.1 Å².